The number of H-pyrrole nitrogens is 2. The minimum atomic E-state index is -0.356. The number of nitrogens with zero attached hydrogens (tertiary/aromatic N) is 2. The van der Waals surface area contributed by atoms with Crippen molar-refractivity contribution in [1.29, 1.82) is 0 Å². The fourth-order valence-corrected chi connectivity index (χ4v) is 4.66. The minimum absolute atomic E-state index is 0.356. The summed E-state index contributed by atoms with van der Waals surface area (Å²) >= 11 is 0. The van der Waals surface area contributed by atoms with Crippen molar-refractivity contribution in [1.82, 2.24) is 19.9 Å². The van der Waals surface area contributed by atoms with Gasteiger partial charge < -0.3 is 20.2 Å². The molecule has 0 aliphatic carbocycles. The van der Waals surface area contributed by atoms with Crippen molar-refractivity contribution < 1.29 is 10.2 Å². The highest BCUT2D eigenvalue weighted by Gasteiger charge is 2.12. The summed E-state index contributed by atoms with van der Waals surface area (Å²) in [5.74, 6) is 1.72. The van der Waals surface area contributed by atoms with E-state index >= 15 is 0 Å². The normalized spacial score (nSPS) is 12.7. The van der Waals surface area contributed by atoms with Gasteiger partial charge in [-0.1, -0.05) is 72.8 Å². The third-order valence-corrected chi connectivity index (χ3v) is 6.35. The maximum Gasteiger partial charge on any atom is 0.138 e. The van der Waals surface area contributed by atoms with Crippen LogP contribution in [0, 0.1) is 0 Å². The number of aromatic amines is 2. The average molecular weight is 505 g/mol. The van der Waals surface area contributed by atoms with Crippen LogP contribution in [0.25, 0.3) is 44.8 Å². The molecule has 4 N–H and O–H groups in total. The van der Waals surface area contributed by atoms with Gasteiger partial charge in [-0.2, -0.15) is 0 Å². The van der Waals surface area contributed by atoms with E-state index in [0.29, 0.717) is 12.8 Å². The topological polar surface area (TPSA) is 97.8 Å². The molecular weight excluding hydrogens is 472 g/mol. The Kier molecular flexibility index (Phi) is 7.63. The molecular formula is C32H32N4O2. The third kappa shape index (κ3) is 5.83. The number of fused-ring (bicyclic) bond motifs is 2. The summed E-state index contributed by atoms with van der Waals surface area (Å²) in [6.45, 7) is 3.60. The second-order valence-corrected chi connectivity index (χ2v) is 9.63. The minimum Gasteiger partial charge on any atom is -0.393 e. The summed E-state index contributed by atoms with van der Waals surface area (Å²) in [6.07, 6.45) is 0.552. The van der Waals surface area contributed by atoms with E-state index in [0.717, 1.165) is 56.0 Å². The molecule has 4 aromatic carbocycles. The van der Waals surface area contributed by atoms with E-state index in [-0.39, 0.29) is 12.2 Å². The van der Waals surface area contributed by atoms with Crippen LogP contribution in [0.5, 0.6) is 0 Å². The molecule has 6 nitrogen and oxygen atoms in total. The highest BCUT2D eigenvalue weighted by Crippen LogP contribution is 2.26. The van der Waals surface area contributed by atoms with Gasteiger partial charge in [0, 0.05) is 11.1 Å². The highest BCUT2D eigenvalue weighted by molar-refractivity contribution is 5.80. The van der Waals surface area contributed by atoms with Crippen molar-refractivity contribution in [2.45, 2.75) is 38.9 Å². The van der Waals surface area contributed by atoms with Crippen molar-refractivity contribution in [3.63, 3.8) is 0 Å². The Morgan fingerprint density at radius 2 is 0.921 bits per heavy atom. The molecule has 6 rings (SSSR count). The first kappa shape index (κ1) is 25.4. The summed E-state index contributed by atoms with van der Waals surface area (Å²) in [5.41, 5.74) is 8.31. The van der Waals surface area contributed by atoms with Crippen LogP contribution >= 0.6 is 0 Å². The number of nitrogens with one attached hydrogen (secondary N) is 2. The smallest absolute Gasteiger partial charge is 0.138 e. The Labute approximate surface area is 222 Å². The first-order chi connectivity index (χ1) is 18.5. The molecule has 2 heterocycles. The van der Waals surface area contributed by atoms with Crippen molar-refractivity contribution in [3.05, 3.63) is 108 Å². The van der Waals surface area contributed by atoms with Gasteiger partial charge in [-0.15, -0.1) is 0 Å². The SMILES string of the molecule is C[C@@H](O)Cc1ccccc1-c1nc2ccccc2[nH]1.C[C@H](O)Cc1ccccc1-c1nc2ccccc2[nH]1. The Bertz CT molecular complexity index is 1460. The summed E-state index contributed by atoms with van der Waals surface area (Å²) < 4.78 is 0. The highest BCUT2D eigenvalue weighted by atomic mass is 16.3. The van der Waals surface area contributed by atoms with Crippen LogP contribution in [-0.4, -0.2) is 42.4 Å². The summed E-state index contributed by atoms with van der Waals surface area (Å²) in [5, 5.41) is 19.2. The zero-order valence-corrected chi connectivity index (χ0v) is 21.6. The first-order valence-electron chi connectivity index (χ1n) is 12.9. The van der Waals surface area contributed by atoms with Crippen molar-refractivity contribution in [2.24, 2.45) is 0 Å². The molecule has 192 valence electrons. The van der Waals surface area contributed by atoms with Crippen LogP contribution in [0.15, 0.2) is 97.1 Å². The standard InChI is InChI=1S/2C16H16N2O/c2*1-11(19)10-12-6-2-3-7-13(12)16-17-14-8-4-5-9-15(14)18-16/h2*2-9,11,19H,10H2,1H3,(H,17,18)/t2*11-/m10/s1. The maximum atomic E-state index is 9.59. The lowest BCUT2D eigenvalue weighted by Crippen LogP contribution is -2.05. The number of aromatic nitrogens is 4. The second kappa shape index (κ2) is 11.4. The van der Waals surface area contributed by atoms with E-state index in [1.165, 1.54) is 0 Å². The summed E-state index contributed by atoms with van der Waals surface area (Å²) in [6, 6.07) is 32.1. The number of aliphatic hydroxyl groups excluding tert-OH is 2. The van der Waals surface area contributed by atoms with Crippen molar-refractivity contribution in [3.8, 4) is 22.8 Å². The molecule has 0 bridgehead atoms. The molecule has 0 aliphatic heterocycles. The molecule has 38 heavy (non-hydrogen) atoms. The van der Waals surface area contributed by atoms with Crippen molar-refractivity contribution >= 4 is 22.1 Å². The van der Waals surface area contributed by atoms with Gasteiger partial charge in [-0.05, 0) is 62.1 Å². The fraction of sp³-hybridized carbons (Fsp3) is 0.188. The molecule has 6 aromatic rings. The zero-order valence-electron chi connectivity index (χ0n) is 21.6. The van der Waals surface area contributed by atoms with Crippen LogP contribution in [0.3, 0.4) is 0 Å². The molecule has 0 amide bonds. The molecule has 0 radical (unpaired) electrons. The van der Waals surface area contributed by atoms with Gasteiger partial charge in [-0.3, -0.25) is 0 Å². The lowest BCUT2D eigenvalue weighted by atomic mass is 10.0. The molecule has 6 heteroatoms. The molecule has 2 atom stereocenters. The van der Waals surface area contributed by atoms with Crippen molar-refractivity contribution in [2.75, 3.05) is 0 Å². The monoisotopic (exact) mass is 504 g/mol. The van der Waals surface area contributed by atoms with E-state index in [1.807, 2.05) is 97.1 Å². The number of imidazole rings is 2. The van der Waals surface area contributed by atoms with Gasteiger partial charge in [0.05, 0.1) is 34.3 Å². The van der Waals surface area contributed by atoms with Crippen LogP contribution in [-0.2, 0) is 12.8 Å². The average Bonchev–Trinajstić information content (AvgIpc) is 3.53. The summed E-state index contributed by atoms with van der Waals surface area (Å²) in [4.78, 5) is 15.9. The molecule has 0 aliphatic rings. The number of rotatable bonds is 6. The van der Waals surface area contributed by atoms with E-state index in [4.69, 9.17) is 0 Å². The first-order valence-corrected chi connectivity index (χ1v) is 12.9. The predicted molar refractivity (Wildman–Crippen MR) is 154 cm³/mol. The number of hydrogen-bond donors (Lipinski definition) is 4. The van der Waals surface area contributed by atoms with Crippen LogP contribution in [0.4, 0.5) is 0 Å². The van der Waals surface area contributed by atoms with Gasteiger partial charge in [0.15, 0.2) is 0 Å². The number of para-hydroxylation sites is 4. The molecule has 0 fully saturated rings. The number of aliphatic hydroxyl groups is 2. The largest absolute Gasteiger partial charge is 0.393 e. The third-order valence-electron chi connectivity index (χ3n) is 6.35. The fourth-order valence-electron chi connectivity index (χ4n) is 4.66. The lowest BCUT2D eigenvalue weighted by molar-refractivity contribution is 0.195. The van der Waals surface area contributed by atoms with Crippen LogP contribution in [0.2, 0.25) is 0 Å². The van der Waals surface area contributed by atoms with Gasteiger partial charge in [0.1, 0.15) is 11.6 Å². The Morgan fingerprint density at radius 1 is 0.553 bits per heavy atom. The Balaban J connectivity index is 0.000000155. The maximum absolute atomic E-state index is 9.59. The quantitative estimate of drug-likeness (QED) is 0.214. The van der Waals surface area contributed by atoms with E-state index < -0.39 is 0 Å². The van der Waals surface area contributed by atoms with Gasteiger partial charge in [0.25, 0.3) is 0 Å². The van der Waals surface area contributed by atoms with Crippen LogP contribution in [0.1, 0.15) is 25.0 Å². The summed E-state index contributed by atoms with van der Waals surface area (Å²) in [7, 11) is 0. The van der Waals surface area contributed by atoms with Gasteiger partial charge in [0.2, 0.25) is 0 Å². The van der Waals surface area contributed by atoms with Gasteiger partial charge >= 0.3 is 0 Å². The Hall–Kier alpha value is -4.26. The molecule has 2 aromatic heterocycles. The van der Waals surface area contributed by atoms with Crippen LogP contribution < -0.4 is 0 Å². The van der Waals surface area contributed by atoms with E-state index in [1.54, 1.807) is 13.8 Å². The number of benzene rings is 4. The van der Waals surface area contributed by atoms with E-state index in [2.05, 4.69) is 19.9 Å². The zero-order chi connectivity index (χ0) is 26.5. The lowest BCUT2D eigenvalue weighted by Gasteiger charge is -2.08. The molecule has 0 saturated carbocycles. The van der Waals surface area contributed by atoms with Gasteiger partial charge in [-0.25, -0.2) is 9.97 Å². The van der Waals surface area contributed by atoms with E-state index in [9.17, 15) is 10.2 Å². The molecule has 0 spiro atoms. The second-order valence-electron chi connectivity index (χ2n) is 9.63. The molecule has 0 saturated heterocycles. The Morgan fingerprint density at radius 3 is 1.32 bits per heavy atom. The molecule has 0 unspecified atom stereocenters. The number of hydrogen-bond acceptors (Lipinski definition) is 4. The predicted octanol–water partition coefficient (Wildman–Crippen LogP) is 6.31.